The van der Waals surface area contributed by atoms with Crippen molar-refractivity contribution in [1.29, 1.82) is 0 Å². The summed E-state index contributed by atoms with van der Waals surface area (Å²) >= 11 is 0. The van der Waals surface area contributed by atoms with E-state index in [0.717, 1.165) is 37.7 Å². The smallest absolute Gasteiger partial charge is 0.122 e. The molecule has 0 spiro atoms. The summed E-state index contributed by atoms with van der Waals surface area (Å²) in [6, 6.07) is 6.26. The first-order valence-electron chi connectivity index (χ1n) is 7.46. The fraction of sp³-hybridized carbons (Fsp3) is 0.625. The van der Waals surface area contributed by atoms with Gasteiger partial charge in [-0.1, -0.05) is 6.92 Å². The number of nitrogens with one attached hydrogen (secondary N) is 1. The first-order chi connectivity index (χ1) is 10.2. The van der Waals surface area contributed by atoms with Crippen LogP contribution in [-0.2, 0) is 4.74 Å². The Morgan fingerprint density at radius 2 is 1.90 bits per heavy atom. The van der Waals surface area contributed by atoms with Crippen molar-refractivity contribution in [1.82, 2.24) is 10.2 Å². The number of rotatable bonds is 6. The van der Waals surface area contributed by atoms with Crippen LogP contribution in [0.25, 0.3) is 0 Å². The first-order valence-corrected chi connectivity index (χ1v) is 7.46. The van der Waals surface area contributed by atoms with E-state index in [4.69, 9.17) is 14.2 Å². The number of morpholine rings is 1. The zero-order chi connectivity index (χ0) is 15.2. The fourth-order valence-corrected chi connectivity index (χ4v) is 2.94. The van der Waals surface area contributed by atoms with Crippen LogP contribution in [0.15, 0.2) is 18.2 Å². The van der Waals surface area contributed by atoms with Gasteiger partial charge in [0, 0.05) is 19.2 Å². The third-order valence-electron chi connectivity index (χ3n) is 3.98. The van der Waals surface area contributed by atoms with Crippen LogP contribution < -0.4 is 14.8 Å². The average molecular weight is 294 g/mol. The molecule has 1 aliphatic heterocycles. The second kappa shape index (κ2) is 7.64. The van der Waals surface area contributed by atoms with Crippen molar-refractivity contribution >= 4 is 0 Å². The van der Waals surface area contributed by atoms with Crippen molar-refractivity contribution in [3.8, 4) is 11.5 Å². The van der Waals surface area contributed by atoms with Crippen molar-refractivity contribution in [2.45, 2.75) is 19.1 Å². The summed E-state index contributed by atoms with van der Waals surface area (Å²) in [6.45, 7) is 5.72. The average Bonchev–Trinajstić information content (AvgIpc) is 2.54. The molecule has 2 atom stereocenters. The number of nitrogens with zero attached hydrogens (tertiary/aromatic N) is 1. The number of methoxy groups -OCH3 is 2. The predicted octanol–water partition coefficient (Wildman–Crippen LogP) is 1.68. The van der Waals surface area contributed by atoms with Gasteiger partial charge in [-0.2, -0.15) is 0 Å². The standard InChI is InChI=1S/C16H26N2O3/c1-5-18-6-7-21-15(11-17-2)16(18)12-8-13(19-3)10-14(9-12)20-4/h8-10,15-17H,5-7,11H2,1-4H3. The van der Waals surface area contributed by atoms with E-state index in [2.05, 4.69) is 29.3 Å². The predicted molar refractivity (Wildman–Crippen MR) is 83.2 cm³/mol. The number of hydrogen-bond donors (Lipinski definition) is 1. The molecule has 1 saturated heterocycles. The van der Waals surface area contributed by atoms with Crippen molar-refractivity contribution in [2.75, 3.05) is 47.5 Å². The molecule has 1 aliphatic rings. The molecule has 0 amide bonds. The molecule has 2 unspecified atom stereocenters. The summed E-state index contributed by atoms with van der Waals surface area (Å²) in [5, 5.41) is 3.22. The summed E-state index contributed by atoms with van der Waals surface area (Å²) < 4.78 is 16.8. The largest absolute Gasteiger partial charge is 0.497 e. The maximum absolute atomic E-state index is 5.98. The van der Waals surface area contributed by atoms with Gasteiger partial charge in [-0.05, 0) is 31.3 Å². The molecule has 1 aromatic carbocycles. The van der Waals surface area contributed by atoms with E-state index in [-0.39, 0.29) is 12.1 Å². The van der Waals surface area contributed by atoms with E-state index in [9.17, 15) is 0 Å². The van der Waals surface area contributed by atoms with Crippen LogP contribution in [0, 0.1) is 0 Å². The molecule has 0 bridgehead atoms. The summed E-state index contributed by atoms with van der Waals surface area (Å²) in [4.78, 5) is 2.44. The Labute approximate surface area is 127 Å². The molecule has 5 nitrogen and oxygen atoms in total. The van der Waals surface area contributed by atoms with Crippen molar-refractivity contribution in [2.24, 2.45) is 0 Å². The lowest BCUT2D eigenvalue weighted by Crippen LogP contribution is -2.48. The normalized spacial score (nSPS) is 23.0. The molecule has 1 N–H and O–H groups in total. The quantitative estimate of drug-likeness (QED) is 0.865. The minimum Gasteiger partial charge on any atom is -0.497 e. The van der Waals surface area contributed by atoms with Crippen LogP contribution in [0.1, 0.15) is 18.5 Å². The molecule has 0 saturated carbocycles. The lowest BCUT2D eigenvalue weighted by molar-refractivity contribution is -0.0687. The van der Waals surface area contributed by atoms with Crippen LogP contribution in [0.5, 0.6) is 11.5 Å². The maximum Gasteiger partial charge on any atom is 0.122 e. The van der Waals surface area contributed by atoms with Gasteiger partial charge >= 0.3 is 0 Å². The minimum absolute atomic E-state index is 0.125. The Hall–Kier alpha value is -1.30. The molecule has 118 valence electrons. The maximum atomic E-state index is 5.98. The fourth-order valence-electron chi connectivity index (χ4n) is 2.94. The highest BCUT2D eigenvalue weighted by Gasteiger charge is 2.32. The van der Waals surface area contributed by atoms with Gasteiger partial charge in [0.15, 0.2) is 0 Å². The van der Waals surface area contributed by atoms with Crippen LogP contribution in [0.2, 0.25) is 0 Å². The van der Waals surface area contributed by atoms with Gasteiger partial charge in [0.2, 0.25) is 0 Å². The van der Waals surface area contributed by atoms with E-state index >= 15 is 0 Å². The van der Waals surface area contributed by atoms with Gasteiger partial charge in [0.1, 0.15) is 11.5 Å². The van der Waals surface area contributed by atoms with E-state index in [1.165, 1.54) is 5.56 Å². The molecule has 2 rings (SSSR count). The summed E-state index contributed by atoms with van der Waals surface area (Å²) in [5.41, 5.74) is 1.17. The molecule has 0 aromatic heterocycles. The molecule has 0 radical (unpaired) electrons. The topological polar surface area (TPSA) is 43.0 Å². The number of likely N-dealkylation sites (N-methyl/N-ethyl adjacent to an activating group) is 2. The molecule has 21 heavy (non-hydrogen) atoms. The van der Waals surface area contributed by atoms with Gasteiger partial charge in [-0.15, -0.1) is 0 Å². The van der Waals surface area contributed by atoms with E-state index < -0.39 is 0 Å². The Bertz CT molecular complexity index is 429. The zero-order valence-electron chi connectivity index (χ0n) is 13.4. The molecule has 1 heterocycles. The third kappa shape index (κ3) is 3.67. The number of hydrogen-bond acceptors (Lipinski definition) is 5. The van der Waals surface area contributed by atoms with Gasteiger partial charge in [-0.3, -0.25) is 4.90 Å². The third-order valence-corrected chi connectivity index (χ3v) is 3.98. The monoisotopic (exact) mass is 294 g/mol. The van der Waals surface area contributed by atoms with Crippen molar-refractivity contribution < 1.29 is 14.2 Å². The van der Waals surface area contributed by atoms with Gasteiger partial charge in [-0.25, -0.2) is 0 Å². The first kappa shape index (κ1) is 16.1. The van der Waals surface area contributed by atoms with Crippen molar-refractivity contribution in [3.05, 3.63) is 23.8 Å². The molecule has 1 fully saturated rings. The van der Waals surface area contributed by atoms with Crippen LogP contribution >= 0.6 is 0 Å². The SMILES string of the molecule is CCN1CCOC(CNC)C1c1cc(OC)cc(OC)c1. The highest BCUT2D eigenvalue weighted by molar-refractivity contribution is 5.40. The zero-order valence-corrected chi connectivity index (χ0v) is 13.4. The second-order valence-electron chi connectivity index (χ2n) is 5.19. The van der Waals surface area contributed by atoms with E-state index in [1.807, 2.05) is 13.1 Å². The van der Waals surface area contributed by atoms with Gasteiger partial charge in [0.05, 0.1) is 33.0 Å². The number of ether oxygens (including phenoxy) is 3. The molecule has 5 heteroatoms. The highest BCUT2D eigenvalue weighted by Crippen LogP contribution is 2.34. The number of benzene rings is 1. The Morgan fingerprint density at radius 1 is 1.24 bits per heavy atom. The van der Waals surface area contributed by atoms with Gasteiger partial charge < -0.3 is 19.5 Å². The molecular formula is C16H26N2O3. The lowest BCUT2D eigenvalue weighted by atomic mass is 9.97. The molecule has 0 aliphatic carbocycles. The van der Waals surface area contributed by atoms with Crippen LogP contribution in [0.3, 0.4) is 0 Å². The highest BCUT2D eigenvalue weighted by atomic mass is 16.5. The Morgan fingerprint density at radius 3 is 2.43 bits per heavy atom. The summed E-state index contributed by atoms with van der Waals surface area (Å²) in [6.07, 6.45) is 0.125. The summed E-state index contributed by atoms with van der Waals surface area (Å²) in [5.74, 6) is 1.63. The van der Waals surface area contributed by atoms with Crippen molar-refractivity contribution in [3.63, 3.8) is 0 Å². The van der Waals surface area contributed by atoms with Gasteiger partial charge in [0.25, 0.3) is 0 Å². The van der Waals surface area contributed by atoms with E-state index in [1.54, 1.807) is 14.2 Å². The van der Waals surface area contributed by atoms with Crippen LogP contribution in [0.4, 0.5) is 0 Å². The molecule has 1 aromatic rings. The Balaban J connectivity index is 2.37. The van der Waals surface area contributed by atoms with Crippen LogP contribution in [-0.4, -0.2) is 58.5 Å². The Kier molecular flexibility index (Phi) is 5.85. The minimum atomic E-state index is 0.125. The van der Waals surface area contributed by atoms with E-state index in [0.29, 0.717) is 0 Å². The second-order valence-corrected chi connectivity index (χ2v) is 5.19. The molecular weight excluding hydrogens is 268 g/mol. The lowest BCUT2D eigenvalue weighted by Gasteiger charge is -2.41. The summed E-state index contributed by atoms with van der Waals surface area (Å²) in [7, 11) is 5.31.